The van der Waals surface area contributed by atoms with Gasteiger partial charge in [0.1, 0.15) is 0 Å². The van der Waals surface area contributed by atoms with Crippen molar-refractivity contribution >= 4 is 0 Å². The molecule has 5 heteroatoms. The smallest absolute Gasteiger partial charge is 0.0764 e. The van der Waals surface area contributed by atoms with Crippen LogP contribution in [0.5, 0.6) is 0 Å². The molecule has 1 fully saturated rings. The molecule has 114 valence electrons. The predicted molar refractivity (Wildman–Crippen MR) is 80.8 cm³/mol. The minimum absolute atomic E-state index is 0.643. The summed E-state index contributed by atoms with van der Waals surface area (Å²) in [5.74, 6) is 0. The Bertz CT molecular complexity index is 374. The largest absolute Gasteiger partial charge is 0.383 e. The van der Waals surface area contributed by atoms with Crippen LogP contribution in [0.25, 0.3) is 0 Å². The Balaban J connectivity index is 1.67. The first-order chi connectivity index (χ1) is 9.79. The maximum Gasteiger partial charge on any atom is 0.0764 e. The lowest BCUT2D eigenvalue weighted by Gasteiger charge is -2.15. The normalized spacial score (nSPS) is 16.4. The Morgan fingerprint density at radius 3 is 2.95 bits per heavy atom. The van der Waals surface area contributed by atoms with Gasteiger partial charge in [0.15, 0.2) is 0 Å². The standard InChI is InChI=1S/C15H28N4O/c1-18(11-8-16-9-12-20-2)13-14-7-10-19(17-14)15-5-3-4-6-15/h7,10,15-16H,3-6,8-9,11-13H2,1-2H3. The van der Waals surface area contributed by atoms with E-state index in [0.717, 1.165) is 32.8 Å². The summed E-state index contributed by atoms with van der Waals surface area (Å²) in [5.41, 5.74) is 1.18. The van der Waals surface area contributed by atoms with Gasteiger partial charge >= 0.3 is 0 Å². The quantitative estimate of drug-likeness (QED) is 0.699. The Hall–Kier alpha value is -0.910. The molecule has 1 saturated carbocycles. The van der Waals surface area contributed by atoms with Gasteiger partial charge in [-0.1, -0.05) is 12.8 Å². The van der Waals surface area contributed by atoms with Crippen LogP contribution < -0.4 is 5.32 Å². The second-order valence-corrected chi connectivity index (χ2v) is 5.71. The van der Waals surface area contributed by atoms with Crippen LogP contribution in [0.2, 0.25) is 0 Å². The third-order valence-electron chi connectivity index (χ3n) is 3.95. The molecule has 0 aromatic carbocycles. The molecule has 1 aliphatic carbocycles. The summed E-state index contributed by atoms with van der Waals surface area (Å²) in [7, 11) is 3.88. The summed E-state index contributed by atoms with van der Waals surface area (Å²) < 4.78 is 7.18. The average Bonchev–Trinajstić information content (AvgIpc) is 3.08. The van der Waals surface area contributed by atoms with Crippen molar-refractivity contribution in [2.75, 3.05) is 40.4 Å². The number of methoxy groups -OCH3 is 1. The maximum absolute atomic E-state index is 5.01. The van der Waals surface area contributed by atoms with Crippen molar-refractivity contribution < 1.29 is 4.74 Å². The van der Waals surface area contributed by atoms with Crippen molar-refractivity contribution in [2.24, 2.45) is 0 Å². The zero-order chi connectivity index (χ0) is 14.2. The lowest BCUT2D eigenvalue weighted by molar-refractivity contribution is 0.197. The second kappa shape index (κ2) is 8.39. The molecule has 2 rings (SSSR count). The second-order valence-electron chi connectivity index (χ2n) is 5.71. The van der Waals surface area contributed by atoms with E-state index in [-0.39, 0.29) is 0 Å². The lowest BCUT2D eigenvalue weighted by atomic mass is 10.3. The summed E-state index contributed by atoms with van der Waals surface area (Å²) in [6.45, 7) is 4.63. The summed E-state index contributed by atoms with van der Waals surface area (Å²) in [5, 5.41) is 8.09. The number of rotatable bonds is 9. The Kier molecular flexibility index (Phi) is 6.50. The SMILES string of the molecule is COCCNCCN(C)Cc1ccn(C2CCCC2)n1. The highest BCUT2D eigenvalue weighted by atomic mass is 16.5. The Labute approximate surface area is 122 Å². The number of likely N-dealkylation sites (N-methyl/N-ethyl adjacent to an activating group) is 1. The van der Waals surface area contributed by atoms with Crippen molar-refractivity contribution in [1.82, 2.24) is 20.0 Å². The van der Waals surface area contributed by atoms with Gasteiger partial charge in [-0.15, -0.1) is 0 Å². The minimum Gasteiger partial charge on any atom is -0.383 e. The molecule has 0 unspecified atom stereocenters. The number of hydrogen-bond acceptors (Lipinski definition) is 4. The molecule has 5 nitrogen and oxygen atoms in total. The van der Waals surface area contributed by atoms with E-state index in [1.165, 1.54) is 31.4 Å². The highest BCUT2D eigenvalue weighted by molar-refractivity contribution is 5.00. The molecule has 1 aromatic rings. The van der Waals surface area contributed by atoms with Gasteiger partial charge in [-0.25, -0.2) is 0 Å². The van der Waals surface area contributed by atoms with Crippen molar-refractivity contribution in [2.45, 2.75) is 38.3 Å². The Morgan fingerprint density at radius 2 is 2.20 bits per heavy atom. The topological polar surface area (TPSA) is 42.3 Å². The molecule has 1 aliphatic rings. The first kappa shape index (κ1) is 15.5. The molecule has 0 radical (unpaired) electrons. The van der Waals surface area contributed by atoms with Gasteiger partial charge in [0.05, 0.1) is 18.3 Å². The highest BCUT2D eigenvalue weighted by Gasteiger charge is 2.17. The Morgan fingerprint density at radius 1 is 1.40 bits per heavy atom. The van der Waals surface area contributed by atoms with E-state index in [4.69, 9.17) is 9.84 Å². The number of nitrogens with one attached hydrogen (secondary N) is 1. The highest BCUT2D eigenvalue weighted by Crippen LogP contribution is 2.28. The first-order valence-electron chi connectivity index (χ1n) is 7.72. The zero-order valence-corrected chi connectivity index (χ0v) is 12.8. The molecule has 0 spiro atoms. The number of aromatic nitrogens is 2. The van der Waals surface area contributed by atoms with Crippen LogP contribution in [-0.2, 0) is 11.3 Å². The molecule has 0 atom stereocenters. The van der Waals surface area contributed by atoms with Crippen molar-refractivity contribution in [3.8, 4) is 0 Å². The molecule has 0 saturated heterocycles. The molecule has 1 heterocycles. The molecular formula is C15H28N4O. The number of nitrogens with zero attached hydrogens (tertiary/aromatic N) is 3. The van der Waals surface area contributed by atoms with Crippen LogP contribution in [-0.4, -0.2) is 55.1 Å². The van der Waals surface area contributed by atoms with Gasteiger partial charge < -0.3 is 10.1 Å². The minimum atomic E-state index is 0.643. The van der Waals surface area contributed by atoms with E-state index in [1.807, 2.05) is 0 Å². The van der Waals surface area contributed by atoms with Crippen LogP contribution in [0.15, 0.2) is 12.3 Å². The van der Waals surface area contributed by atoms with Crippen LogP contribution in [0.4, 0.5) is 0 Å². The van der Waals surface area contributed by atoms with E-state index in [1.54, 1.807) is 7.11 Å². The fraction of sp³-hybridized carbons (Fsp3) is 0.800. The molecule has 1 aromatic heterocycles. The maximum atomic E-state index is 5.01. The van der Waals surface area contributed by atoms with Gasteiger partial charge in [0.25, 0.3) is 0 Å². The fourth-order valence-corrected chi connectivity index (χ4v) is 2.76. The summed E-state index contributed by atoms with van der Waals surface area (Å²) in [6.07, 6.45) is 7.44. The van der Waals surface area contributed by atoms with E-state index < -0.39 is 0 Å². The van der Waals surface area contributed by atoms with Gasteiger partial charge in [0.2, 0.25) is 0 Å². The third-order valence-corrected chi connectivity index (χ3v) is 3.95. The molecule has 0 aliphatic heterocycles. The summed E-state index contributed by atoms with van der Waals surface area (Å²) >= 11 is 0. The van der Waals surface area contributed by atoms with E-state index in [0.29, 0.717) is 6.04 Å². The van der Waals surface area contributed by atoms with Crippen molar-refractivity contribution in [1.29, 1.82) is 0 Å². The average molecular weight is 280 g/mol. The zero-order valence-electron chi connectivity index (χ0n) is 12.8. The van der Waals surface area contributed by atoms with Crippen LogP contribution >= 0.6 is 0 Å². The summed E-state index contributed by atoms with van der Waals surface area (Å²) in [6, 6.07) is 2.80. The molecular weight excluding hydrogens is 252 g/mol. The molecule has 20 heavy (non-hydrogen) atoms. The summed E-state index contributed by atoms with van der Waals surface area (Å²) in [4.78, 5) is 2.31. The van der Waals surface area contributed by atoms with E-state index in [2.05, 4.69) is 34.2 Å². The van der Waals surface area contributed by atoms with E-state index >= 15 is 0 Å². The van der Waals surface area contributed by atoms with Gasteiger partial charge in [0, 0.05) is 39.5 Å². The predicted octanol–water partition coefficient (Wildman–Crippen LogP) is 1.67. The monoisotopic (exact) mass is 280 g/mol. The number of hydrogen-bond donors (Lipinski definition) is 1. The van der Waals surface area contributed by atoms with E-state index in [9.17, 15) is 0 Å². The van der Waals surface area contributed by atoms with Crippen LogP contribution in [0, 0.1) is 0 Å². The lowest BCUT2D eigenvalue weighted by Crippen LogP contribution is -2.30. The van der Waals surface area contributed by atoms with Crippen molar-refractivity contribution in [3.63, 3.8) is 0 Å². The fourth-order valence-electron chi connectivity index (χ4n) is 2.76. The number of ether oxygens (including phenoxy) is 1. The van der Waals surface area contributed by atoms with Gasteiger partial charge in [-0.3, -0.25) is 9.58 Å². The molecule has 0 amide bonds. The first-order valence-corrected chi connectivity index (χ1v) is 7.72. The molecule has 1 N–H and O–H groups in total. The van der Waals surface area contributed by atoms with Gasteiger partial charge in [-0.05, 0) is 26.0 Å². The van der Waals surface area contributed by atoms with Crippen LogP contribution in [0.1, 0.15) is 37.4 Å². The third kappa shape index (κ3) is 4.89. The van der Waals surface area contributed by atoms with Crippen LogP contribution in [0.3, 0.4) is 0 Å². The van der Waals surface area contributed by atoms with Crippen molar-refractivity contribution in [3.05, 3.63) is 18.0 Å². The molecule has 0 bridgehead atoms. The van der Waals surface area contributed by atoms with Gasteiger partial charge in [-0.2, -0.15) is 5.10 Å².